The second kappa shape index (κ2) is 13.9. The number of methoxy groups -OCH3 is 1. The second-order valence-corrected chi connectivity index (χ2v) is 5.56. The monoisotopic (exact) mass is 320 g/mol. The van der Waals surface area contributed by atoms with Gasteiger partial charge in [0.05, 0.1) is 38.4 Å². The van der Waals surface area contributed by atoms with Crippen LogP contribution in [0.3, 0.4) is 0 Å². The highest BCUT2D eigenvalue weighted by atomic mass is 16.6. The van der Waals surface area contributed by atoms with Crippen molar-refractivity contribution < 1.29 is 28.5 Å². The lowest BCUT2D eigenvalue weighted by molar-refractivity contribution is -0.155. The molecule has 0 bridgehead atoms. The Morgan fingerprint density at radius 3 is 1.86 bits per heavy atom. The van der Waals surface area contributed by atoms with Crippen LogP contribution in [0.25, 0.3) is 0 Å². The van der Waals surface area contributed by atoms with Crippen LogP contribution in [0.1, 0.15) is 33.6 Å². The number of hydrogen-bond donors (Lipinski definition) is 0. The van der Waals surface area contributed by atoms with Gasteiger partial charge in [-0.2, -0.15) is 0 Å². The molecule has 0 amide bonds. The van der Waals surface area contributed by atoms with Gasteiger partial charge in [-0.25, -0.2) is 0 Å². The van der Waals surface area contributed by atoms with E-state index in [4.69, 9.17) is 23.7 Å². The van der Waals surface area contributed by atoms with Crippen LogP contribution in [0.4, 0.5) is 0 Å². The fourth-order valence-corrected chi connectivity index (χ4v) is 1.36. The Morgan fingerprint density at radius 2 is 1.32 bits per heavy atom. The molecule has 6 nitrogen and oxygen atoms in total. The summed E-state index contributed by atoms with van der Waals surface area (Å²) in [7, 11) is 1.64. The average Bonchev–Trinajstić information content (AvgIpc) is 2.51. The molecular weight excluding hydrogens is 288 g/mol. The van der Waals surface area contributed by atoms with Crippen molar-refractivity contribution in [2.45, 2.75) is 33.6 Å². The van der Waals surface area contributed by atoms with Gasteiger partial charge in [-0.3, -0.25) is 4.79 Å². The molecule has 0 atom stereocenters. The smallest absolute Gasteiger partial charge is 0.311 e. The lowest BCUT2D eigenvalue weighted by Gasteiger charge is -2.20. The first-order chi connectivity index (χ1) is 10.5. The minimum absolute atomic E-state index is 0.171. The van der Waals surface area contributed by atoms with Gasteiger partial charge >= 0.3 is 5.97 Å². The van der Waals surface area contributed by atoms with Crippen LogP contribution in [0, 0.1) is 5.41 Å². The standard InChI is InChI=1S/C16H32O6/c1-5-16(2,3)15(17)22-14-13-20-8-6-7-19-11-12-21-10-9-18-4/h5-14H2,1-4H3. The largest absolute Gasteiger partial charge is 0.463 e. The van der Waals surface area contributed by atoms with E-state index in [0.717, 1.165) is 12.8 Å². The zero-order valence-electron chi connectivity index (χ0n) is 14.5. The summed E-state index contributed by atoms with van der Waals surface area (Å²) in [5, 5.41) is 0. The third-order valence-corrected chi connectivity index (χ3v) is 3.28. The van der Waals surface area contributed by atoms with E-state index in [9.17, 15) is 4.79 Å². The van der Waals surface area contributed by atoms with Gasteiger partial charge in [-0.05, 0) is 26.7 Å². The lowest BCUT2D eigenvalue weighted by Crippen LogP contribution is -2.27. The van der Waals surface area contributed by atoms with Crippen LogP contribution in [0.5, 0.6) is 0 Å². The summed E-state index contributed by atoms with van der Waals surface area (Å²) in [5.41, 5.74) is -0.417. The molecule has 0 aromatic rings. The molecule has 132 valence electrons. The number of carbonyl (C=O) groups excluding carboxylic acids is 1. The molecule has 0 unspecified atom stereocenters. The van der Waals surface area contributed by atoms with Crippen molar-refractivity contribution >= 4 is 5.97 Å². The maximum absolute atomic E-state index is 11.7. The minimum Gasteiger partial charge on any atom is -0.463 e. The highest BCUT2D eigenvalue weighted by molar-refractivity contribution is 5.75. The van der Waals surface area contributed by atoms with Crippen molar-refractivity contribution in [3.8, 4) is 0 Å². The van der Waals surface area contributed by atoms with Crippen LogP contribution in [0.15, 0.2) is 0 Å². The molecule has 0 heterocycles. The van der Waals surface area contributed by atoms with Crippen molar-refractivity contribution in [2.75, 3.05) is 60.0 Å². The third kappa shape index (κ3) is 11.9. The van der Waals surface area contributed by atoms with Gasteiger partial charge in [0.2, 0.25) is 0 Å². The van der Waals surface area contributed by atoms with Crippen molar-refractivity contribution in [3.05, 3.63) is 0 Å². The van der Waals surface area contributed by atoms with E-state index in [1.807, 2.05) is 20.8 Å². The maximum atomic E-state index is 11.7. The van der Waals surface area contributed by atoms with E-state index < -0.39 is 5.41 Å². The molecule has 0 aliphatic carbocycles. The average molecular weight is 320 g/mol. The van der Waals surface area contributed by atoms with E-state index in [1.165, 1.54) is 0 Å². The predicted molar refractivity (Wildman–Crippen MR) is 84.0 cm³/mol. The molecule has 0 aliphatic heterocycles. The first-order valence-electron chi connectivity index (χ1n) is 7.94. The molecule has 0 aromatic heterocycles. The van der Waals surface area contributed by atoms with E-state index in [-0.39, 0.29) is 5.97 Å². The number of rotatable bonds is 15. The fourth-order valence-electron chi connectivity index (χ4n) is 1.36. The molecule has 6 heteroatoms. The molecule has 0 N–H and O–H groups in total. The fraction of sp³-hybridized carbons (Fsp3) is 0.938. The normalized spacial score (nSPS) is 11.6. The Balaban J connectivity index is 3.23. The summed E-state index contributed by atoms with van der Waals surface area (Å²) < 4.78 is 26.1. The third-order valence-electron chi connectivity index (χ3n) is 3.28. The van der Waals surface area contributed by atoms with Crippen molar-refractivity contribution in [1.29, 1.82) is 0 Å². The molecule has 0 fully saturated rings. The SMILES string of the molecule is CCC(C)(C)C(=O)OCCOCCCOCCOCCOC. The Labute approximate surface area is 134 Å². The molecule has 0 aromatic carbocycles. The van der Waals surface area contributed by atoms with Gasteiger partial charge in [0.25, 0.3) is 0 Å². The number of carbonyl (C=O) groups is 1. The predicted octanol–water partition coefficient (Wildman–Crippen LogP) is 2.05. The molecule has 0 spiro atoms. The van der Waals surface area contributed by atoms with E-state index >= 15 is 0 Å². The summed E-state index contributed by atoms with van der Waals surface area (Å²) in [4.78, 5) is 11.7. The van der Waals surface area contributed by atoms with Gasteiger partial charge in [-0.1, -0.05) is 6.92 Å². The Bertz CT molecular complexity index is 267. The molecule has 0 saturated heterocycles. The topological polar surface area (TPSA) is 63.2 Å². The van der Waals surface area contributed by atoms with E-state index in [2.05, 4.69) is 0 Å². The zero-order valence-corrected chi connectivity index (χ0v) is 14.5. The van der Waals surface area contributed by atoms with Crippen molar-refractivity contribution in [1.82, 2.24) is 0 Å². The molecule has 22 heavy (non-hydrogen) atoms. The number of hydrogen-bond acceptors (Lipinski definition) is 6. The van der Waals surface area contributed by atoms with Gasteiger partial charge < -0.3 is 23.7 Å². The summed E-state index contributed by atoms with van der Waals surface area (Å²) >= 11 is 0. The van der Waals surface area contributed by atoms with Crippen LogP contribution >= 0.6 is 0 Å². The molecule has 0 rings (SSSR count). The Hall–Kier alpha value is -0.690. The molecule has 0 saturated carbocycles. The number of ether oxygens (including phenoxy) is 5. The summed E-state index contributed by atoms with van der Waals surface area (Å²) in [6.07, 6.45) is 1.58. The first-order valence-corrected chi connectivity index (χ1v) is 7.94. The van der Waals surface area contributed by atoms with Crippen LogP contribution in [0.2, 0.25) is 0 Å². The lowest BCUT2D eigenvalue weighted by atomic mass is 9.91. The van der Waals surface area contributed by atoms with E-state index in [1.54, 1.807) is 7.11 Å². The first kappa shape index (κ1) is 21.3. The van der Waals surface area contributed by atoms with Crippen molar-refractivity contribution in [2.24, 2.45) is 5.41 Å². The Morgan fingerprint density at radius 1 is 0.818 bits per heavy atom. The summed E-state index contributed by atoms with van der Waals surface area (Å²) in [6.45, 7) is 10.0. The van der Waals surface area contributed by atoms with Crippen LogP contribution in [-0.2, 0) is 28.5 Å². The van der Waals surface area contributed by atoms with Crippen LogP contribution < -0.4 is 0 Å². The van der Waals surface area contributed by atoms with Gasteiger partial charge in [0.1, 0.15) is 6.61 Å². The van der Waals surface area contributed by atoms with Gasteiger partial charge in [-0.15, -0.1) is 0 Å². The highest BCUT2D eigenvalue weighted by Gasteiger charge is 2.26. The summed E-state index contributed by atoms with van der Waals surface area (Å²) in [6, 6.07) is 0. The van der Waals surface area contributed by atoms with Gasteiger partial charge in [0, 0.05) is 20.3 Å². The minimum atomic E-state index is -0.417. The quantitative estimate of drug-likeness (QED) is 0.340. The van der Waals surface area contributed by atoms with Gasteiger partial charge in [0.15, 0.2) is 0 Å². The molecular formula is C16H32O6. The molecule has 0 aliphatic rings. The summed E-state index contributed by atoms with van der Waals surface area (Å²) in [5.74, 6) is -0.171. The second-order valence-electron chi connectivity index (χ2n) is 5.56. The Kier molecular flexibility index (Phi) is 13.5. The van der Waals surface area contributed by atoms with E-state index in [0.29, 0.717) is 52.9 Å². The number of esters is 1. The van der Waals surface area contributed by atoms with Crippen molar-refractivity contribution in [3.63, 3.8) is 0 Å². The molecule has 0 radical (unpaired) electrons. The van der Waals surface area contributed by atoms with Crippen LogP contribution in [-0.4, -0.2) is 65.9 Å². The maximum Gasteiger partial charge on any atom is 0.311 e. The zero-order chi connectivity index (χ0) is 16.7. The highest BCUT2D eigenvalue weighted by Crippen LogP contribution is 2.21.